The number of para-hydroxylation sites is 1. The second-order valence-electron chi connectivity index (χ2n) is 7.95. The van der Waals surface area contributed by atoms with Crippen molar-refractivity contribution >= 4 is 35.8 Å². The first-order valence-electron chi connectivity index (χ1n) is 10.6. The molecule has 0 fully saturated rings. The Morgan fingerprint density at radius 3 is 2.78 bits per heavy atom. The minimum atomic E-state index is -0.0830. The molecular formula is C24H33IN4O3. The van der Waals surface area contributed by atoms with E-state index in [-0.39, 0.29) is 48.6 Å². The summed E-state index contributed by atoms with van der Waals surface area (Å²) in [4.78, 5) is 18.1. The molecule has 0 spiro atoms. The summed E-state index contributed by atoms with van der Waals surface area (Å²) in [5.74, 6) is 2.24. The lowest BCUT2D eigenvalue weighted by Gasteiger charge is -2.28. The number of nitrogens with zero attached hydrogens (tertiary/aromatic N) is 2. The molecule has 7 nitrogen and oxygen atoms in total. The Hall–Kier alpha value is -2.49. The van der Waals surface area contributed by atoms with Crippen molar-refractivity contribution in [3.8, 4) is 11.5 Å². The molecule has 1 aliphatic rings. The van der Waals surface area contributed by atoms with Gasteiger partial charge in [0.05, 0.1) is 19.2 Å². The van der Waals surface area contributed by atoms with Crippen molar-refractivity contribution in [3.05, 3.63) is 59.7 Å². The van der Waals surface area contributed by atoms with Crippen molar-refractivity contribution in [1.82, 2.24) is 15.5 Å². The van der Waals surface area contributed by atoms with E-state index in [0.717, 1.165) is 29.0 Å². The number of hydrogen-bond acceptors (Lipinski definition) is 4. The zero-order valence-electron chi connectivity index (χ0n) is 19.1. The summed E-state index contributed by atoms with van der Waals surface area (Å²) in [6, 6.07) is 16.0. The number of halogens is 1. The lowest BCUT2D eigenvalue weighted by molar-refractivity contribution is -0.127. The molecule has 2 unspecified atom stereocenters. The van der Waals surface area contributed by atoms with Crippen LogP contribution in [-0.4, -0.2) is 56.7 Å². The van der Waals surface area contributed by atoms with Gasteiger partial charge in [0, 0.05) is 26.1 Å². The minimum Gasteiger partial charge on any atom is -0.493 e. The third kappa shape index (κ3) is 7.58. The fourth-order valence-electron chi connectivity index (χ4n) is 3.30. The Kier molecular flexibility index (Phi) is 10.1. The minimum absolute atomic E-state index is 0. The van der Waals surface area contributed by atoms with Gasteiger partial charge in [0.2, 0.25) is 5.91 Å². The number of carbonyl (C=O) groups excluding carboxylic acids is 1. The summed E-state index contributed by atoms with van der Waals surface area (Å²) in [5.41, 5.74) is 2.24. The van der Waals surface area contributed by atoms with Crippen LogP contribution in [0.1, 0.15) is 30.5 Å². The normalized spacial score (nSPS) is 16.0. The number of carbonyl (C=O) groups is 1. The number of hydrogen-bond donors (Lipinski definition) is 2. The Morgan fingerprint density at radius 2 is 2.03 bits per heavy atom. The Bertz CT molecular complexity index is 920. The molecule has 0 radical (unpaired) electrons. The van der Waals surface area contributed by atoms with Gasteiger partial charge in [-0.15, -0.1) is 24.0 Å². The van der Waals surface area contributed by atoms with E-state index in [1.165, 1.54) is 4.90 Å². The molecule has 32 heavy (non-hydrogen) atoms. The van der Waals surface area contributed by atoms with Crippen LogP contribution in [0.15, 0.2) is 53.5 Å². The molecule has 2 aromatic carbocycles. The SMILES string of the molecule is Cc1cccc(OC(C)CNC(=NCC(=O)N(C)C)NC2CCOc3ccccc32)c1.I. The highest BCUT2D eigenvalue weighted by Crippen LogP contribution is 2.31. The quantitative estimate of drug-likeness (QED) is 0.313. The maximum Gasteiger partial charge on any atom is 0.243 e. The first-order valence-corrected chi connectivity index (χ1v) is 10.6. The first kappa shape index (κ1) is 25.8. The summed E-state index contributed by atoms with van der Waals surface area (Å²) in [5, 5.41) is 6.80. The van der Waals surface area contributed by atoms with E-state index < -0.39 is 0 Å². The molecule has 8 heteroatoms. The summed E-state index contributed by atoms with van der Waals surface area (Å²) in [6.07, 6.45) is 0.731. The summed E-state index contributed by atoms with van der Waals surface area (Å²) in [7, 11) is 3.45. The van der Waals surface area contributed by atoms with Crippen molar-refractivity contribution in [2.75, 3.05) is 33.8 Å². The lowest BCUT2D eigenvalue weighted by Crippen LogP contribution is -2.44. The number of benzene rings is 2. The topological polar surface area (TPSA) is 75.2 Å². The van der Waals surface area contributed by atoms with Crippen LogP contribution in [0.25, 0.3) is 0 Å². The van der Waals surface area contributed by atoms with Gasteiger partial charge in [0.15, 0.2) is 5.96 Å². The van der Waals surface area contributed by atoms with Gasteiger partial charge in [-0.1, -0.05) is 30.3 Å². The first-order chi connectivity index (χ1) is 14.9. The summed E-state index contributed by atoms with van der Waals surface area (Å²) < 4.78 is 11.8. The van der Waals surface area contributed by atoms with Gasteiger partial charge in [-0.05, 0) is 37.6 Å². The predicted molar refractivity (Wildman–Crippen MR) is 138 cm³/mol. The standard InChI is InChI=1S/C24H32N4O3.HI/c1-17-8-7-9-19(14-17)31-18(2)15-25-24(26-16-23(29)28(3)4)27-21-12-13-30-22-11-6-5-10-20(21)22;/h5-11,14,18,21H,12-13,15-16H2,1-4H3,(H2,25,26,27);1H. The van der Waals surface area contributed by atoms with Gasteiger partial charge in [0.25, 0.3) is 0 Å². The van der Waals surface area contributed by atoms with Crippen molar-refractivity contribution in [3.63, 3.8) is 0 Å². The molecular weight excluding hydrogens is 519 g/mol. The van der Waals surface area contributed by atoms with Crippen LogP contribution < -0.4 is 20.1 Å². The van der Waals surface area contributed by atoms with Crippen LogP contribution in [0.4, 0.5) is 0 Å². The van der Waals surface area contributed by atoms with E-state index in [4.69, 9.17) is 9.47 Å². The van der Waals surface area contributed by atoms with E-state index in [1.54, 1.807) is 14.1 Å². The van der Waals surface area contributed by atoms with E-state index in [0.29, 0.717) is 19.1 Å². The average molecular weight is 552 g/mol. The molecule has 1 heterocycles. The number of guanidine groups is 1. The van der Waals surface area contributed by atoms with E-state index in [9.17, 15) is 4.79 Å². The number of likely N-dealkylation sites (N-methyl/N-ethyl adjacent to an activating group) is 1. The maximum atomic E-state index is 12.1. The average Bonchev–Trinajstić information content (AvgIpc) is 2.75. The highest BCUT2D eigenvalue weighted by molar-refractivity contribution is 14.0. The molecule has 0 aliphatic carbocycles. The smallest absolute Gasteiger partial charge is 0.243 e. The highest BCUT2D eigenvalue weighted by Gasteiger charge is 2.22. The number of nitrogens with one attached hydrogen (secondary N) is 2. The molecule has 1 aliphatic heterocycles. The monoisotopic (exact) mass is 552 g/mol. The molecule has 2 N–H and O–H groups in total. The second-order valence-corrected chi connectivity index (χ2v) is 7.95. The van der Waals surface area contributed by atoms with E-state index >= 15 is 0 Å². The molecule has 0 bridgehead atoms. The summed E-state index contributed by atoms with van der Waals surface area (Å²) >= 11 is 0. The van der Waals surface area contributed by atoms with Crippen LogP contribution in [0.5, 0.6) is 11.5 Å². The molecule has 3 rings (SSSR count). The van der Waals surface area contributed by atoms with Crippen molar-refractivity contribution < 1.29 is 14.3 Å². The van der Waals surface area contributed by atoms with E-state index in [1.807, 2.05) is 56.3 Å². The fraction of sp³-hybridized carbons (Fsp3) is 0.417. The number of aliphatic imine (C=N–C) groups is 1. The largest absolute Gasteiger partial charge is 0.493 e. The van der Waals surface area contributed by atoms with E-state index in [2.05, 4.69) is 21.7 Å². The number of aryl methyl sites for hydroxylation is 1. The number of fused-ring (bicyclic) bond motifs is 1. The second kappa shape index (κ2) is 12.5. The predicted octanol–water partition coefficient (Wildman–Crippen LogP) is 3.53. The number of amides is 1. The molecule has 2 atom stereocenters. The van der Waals surface area contributed by atoms with Gasteiger partial charge >= 0.3 is 0 Å². The van der Waals surface area contributed by atoms with Gasteiger partial charge in [-0.3, -0.25) is 4.79 Å². The van der Waals surface area contributed by atoms with Gasteiger partial charge in [-0.2, -0.15) is 0 Å². The Morgan fingerprint density at radius 1 is 1.25 bits per heavy atom. The lowest BCUT2D eigenvalue weighted by atomic mass is 10.0. The fourth-order valence-corrected chi connectivity index (χ4v) is 3.30. The molecule has 174 valence electrons. The van der Waals surface area contributed by atoms with Crippen LogP contribution in [0.3, 0.4) is 0 Å². The Labute approximate surface area is 207 Å². The van der Waals surface area contributed by atoms with Gasteiger partial charge in [0.1, 0.15) is 24.1 Å². The third-order valence-corrected chi connectivity index (χ3v) is 5.02. The van der Waals surface area contributed by atoms with Gasteiger partial charge < -0.3 is 25.0 Å². The zero-order chi connectivity index (χ0) is 22.2. The molecule has 0 saturated carbocycles. The van der Waals surface area contributed by atoms with Crippen LogP contribution >= 0.6 is 24.0 Å². The molecule has 0 saturated heterocycles. The molecule has 0 aromatic heterocycles. The maximum absolute atomic E-state index is 12.1. The van der Waals surface area contributed by atoms with Crippen molar-refractivity contribution in [1.29, 1.82) is 0 Å². The third-order valence-electron chi connectivity index (χ3n) is 5.02. The Balaban J connectivity index is 0.00000363. The van der Waals surface area contributed by atoms with Crippen LogP contribution in [0.2, 0.25) is 0 Å². The van der Waals surface area contributed by atoms with Crippen molar-refractivity contribution in [2.24, 2.45) is 4.99 Å². The van der Waals surface area contributed by atoms with Crippen molar-refractivity contribution in [2.45, 2.75) is 32.4 Å². The summed E-state index contributed by atoms with van der Waals surface area (Å²) in [6.45, 7) is 5.28. The molecule has 1 amide bonds. The van der Waals surface area contributed by atoms with Crippen LogP contribution in [-0.2, 0) is 4.79 Å². The number of ether oxygens (including phenoxy) is 2. The van der Waals surface area contributed by atoms with Crippen LogP contribution in [0, 0.1) is 6.92 Å². The number of rotatable bonds is 7. The zero-order valence-corrected chi connectivity index (χ0v) is 21.5. The molecule has 2 aromatic rings. The highest BCUT2D eigenvalue weighted by atomic mass is 127. The van der Waals surface area contributed by atoms with Gasteiger partial charge in [-0.25, -0.2) is 4.99 Å².